The number of hydrogen-bond acceptors (Lipinski definition) is 6. The Morgan fingerprint density at radius 2 is 1.89 bits per heavy atom. The molecule has 0 aliphatic carbocycles. The number of carbonyl (C=O) groups is 1. The topological polar surface area (TPSA) is 114 Å². The molecule has 0 radical (unpaired) electrons. The standard InChI is InChI=1S/C17H18N4O5S/c1-13-4-5-15(21(23)24)11-16(13)27(25,26)20-9-7-19(8-10-20)17(22)14-3-2-6-18-12-14/h2-6,11-12H,7-10H2,1H3. The highest BCUT2D eigenvalue weighted by Crippen LogP contribution is 2.25. The number of hydrogen-bond donors (Lipinski definition) is 0. The number of nitrogens with zero attached hydrogens (tertiary/aromatic N) is 4. The highest BCUT2D eigenvalue weighted by molar-refractivity contribution is 7.89. The van der Waals surface area contributed by atoms with Crippen molar-refractivity contribution >= 4 is 21.6 Å². The lowest BCUT2D eigenvalue weighted by atomic mass is 10.2. The Kier molecular flexibility index (Phi) is 5.19. The van der Waals surface area contributed by atoms with Gasteiger partial charge in [0.25, 0.3) is 11.6 Å². The maximum atomic E-state index is 12.9. The molecule has 1 amide bonds. The van der Waals surface area contributed by atoms with Crippen molar-refractivity contribution in [3.05, 3.63) is 64.0 Å². The number of benzene rings is 1. The molecule has 1 saturated heterocycles. The molecular weight excluding hydrogens is 372 g/mol. The van der Waals surface area contributed by atoms with Crippen LogP contribution in [0.2, 0.25) is 0 Å². The van der Waals surface area contributed by atoms with Crippen LogP contribution in [0.5, 0.6) is 0 Å². The number of nitro benzene ring substituents is 1. The first-order valence-electron chi connectivity index (χ1n) is 8.25. The number of pyridine rings is 1. The van der Waals surface area contributed by atoms with Crippen LogP contribution in [0.3, 0.4) is 0 Å². The van der Waals surface area contributed by atoms with Gasteiger partial charge in [0, 0.05) is 50.7 Å². The summed E-state index contributed by atoms with van der Waals surface area (Å²) >= 11 is 0. The van der Waals surface area contributed by atoms with Gasteiger partial charge in [-0.25, -0.2) is 8.42 Å². The van der Waals surface area contributed by atoms with Crippen molar-refractivity contribution in [1.82, 2.24) is 14.2 Å². The predicted molar refractivity (Wildman–Crippen MR) is 96.7 cm³/mol. The Morgan fingerprint density at radius 3 is 2.48 bits per heavy atom. The lowest BCUT2D eigenvalue weighted by Crippen LogP contribution is -2.50. The molecule has 0 spiro atoms. The number of nitro groups is 1. The first kappa shape index (κ1) is 18.9. The zero-order valence-electron chi connectivity index (χ0n) is 14.6. The van der Waals surface area contributed by atoms with Crippen molar-refractivity contribution in [2.75, 3.05) is 26.2 Å². The highest BCUT2D eigenvalue weighted by atomic mass is 32.2. The van der Waals surface area contributed by atoms with E-state index in [0.29, 0.717) is 11.1 Å². The summed E-state index contributed by atoms with van der Waals surface area (Å²) in [6.45, 7) is 2.31. The van der Waals surface area contributed by atoms with Gasteiger partial charge in [-0.3, -0.25) is 19.9 Å². The number of non-ortho nitro benzene ring substituents is 1. The molecule has 2 aromatic rings. The fraction of sp³-hybridized carbons (Fsp3) is 0.294. The third-order valence-electron chi connectivity index (χ3n) is 4.43. The molecule has 1 fully saturated rings. The minimum Gasteiger partial charge on any atom is -0.336 e. The quantitative estimate of drug-likeness (QED) is 0.577. The SMILES string of the molecule is Cc1ccc([N+](=O)[O-])cc1S(=O)(=O)N1CCN(C(=O)c2cccnc2)CC1. The Morgan fingerprint density at radius 1 is 1.19 bits per heavy atom. The summed E-state index contributed by atoms with van der Waals surface area (Å²) in [5, 5.41) is 11.0. The van der Waals surface area contributed by atoms with Crippen molar-refractivity contribution in [3.63, 3.8) is 0 Å². The molecule has 27 heavy (non-hydrogen) atoms. The fourth-order valence-corrected chi connectivity index (χ4v) is 4.59. The predicted octanol–water partition coefficient (Wildman–Crippen LogP) is 1.44. The monoisotopic (exact) mass is 390 g/mol. The molecule has 142 valence electrons. The van der Waals surface area contributed by atoms with Gasteiger partial charge in [0.1, 0.15) is 0 Å². The molecule has 1 aliphatic rings. The van der Waals surface area contributed by atoms with E-state index in [2.05, 4.69) is 4.98 Å². The van der Waals surface area contributed by atoms with E-state index in [1.165, 1.54) is 22.6 Å². The number of aromatic nitrogens is 1. The van der Waals surface area contributed by atoms with E-state index in [1.807, 2.05) is 0 Å². The van der Waals surface area contributed by atoms with E-state index in [4.69, 9.17) is 0 Å². The van der Waals surface area contributed by atoms with Crippen LogP contribution in [0.15, 0.2) is 47.6 Å². The lowest BCUT2D eigenvalue weighted by Gasteiger charge is -2.34. The maximum Gasteiger partial charge on any atom is 0.270 e. The average Bonchev–Trinajstić information content (AvgIpc) is 2.68. The van der Waals surface area contributed by atoms with Gasteiger partial charge in [-0.2, -0.15) is 4.31 Å². The minimum atomic E-state index is -3.88. The van der Waals surface area contributed by atoms with Gasteiger partial charge in [-0.15, -0.1) is 0 Å². The molecule has 0 N–H and O–H groups in total. The highest BCUT2D eigenvalue weighted by Gasteiger charge is 2.32. The summed E-state index contributed by atoms with van der Waals surface area (Å²) in [7, 11) is -3.88. The van der Waals surface area contributed by atoms with E-state index in [-0.39, 0.29) is 42.7 Å². The van der Waals surface area contributed by atoms with Crippen LogP contribution in [-0.2, 0) is 10.0 Å². The van der Waals surface area contributed by atoms with Crippen LogP contribution in [-0.4, -0.2) is 59.6 Å². The van der Waals surface area contributed by atoms with E-state index in [9.17, 15) is 23.3 Å². The summed E-state index contributed by atoms with van der Waals surface area (Å²) < 4.78 is 27.1. The second-order valence-corrected chi connectivity index (χ2v) is 8.05. The molecule has 0 saturated carbocycles. The van der Waals surface area contributed by atoms with Gasteiger partial charge in [-0.1, -0.05) is 6.07 Å². The molecule has 0 atom stereocenters. The second kappa shape index (κ2) is 7.41. The van der Waals surface area contributed by atoms with Gasteiger partial charge in [0.15, 0.2) is 0 Å². The smallest absolute Gasteiger partial charge is 0.270 e. The van der Waals surface area contributed by atoms with E-state index in [0.717, 1.165) is 6.07 Å². The average molecular weight is 390 g/mol. The molecule has 1 aliphatic heterocycles. The summed E-state index contributed by atoms with van der Waals surface area (Å²) in [5.74, 6) is -0.202. The van der Waals surface area contributed by atoms with Gasteiger partial charge in [-0.05, 0) is 24.6 Å². The second-order valence-electron chi connectivity index (χ2n) is 6.14. The van der Waals surface area contributed by atoms with Gasteiger partial charge in [0.05, 0.1) is 15.4 Å². The normalized spacial score (nSPS) is 15.5. The Bertz CT molecular complexity index is 970. The number of rotatable bonds is 4. The largest absolute Gasteiger partial charge is 0.336 e. The van der Waals surface area contributed by atoms with Crippen LogP contribution in [0.4, 0.5) is 5.69 Å². The zero-order chi connectivity index (χ0) is 19.6. The minimum absolute atomic E-state index is 0.0799. The molecular formula is C17H18N4O5S. The van der Waals surface area contributed by atoms with E-state index < -0.39 is 14.9 Å². The van der Waals surface area contributed by atoms with Gasteiger partial charge >= 0.3 is 0 Å². The summed E-state index contributed by atoms with van der Waals surface area (Å²) in [4.78, 5) is 28.2. The van der Waals surface area contributed by atoms with Crippen molar-refractivity contribution in [1.29, 1.82) is 0 Å². The van der Waals surface area contributed by atoms with Gasteiger partial charge < -0.3 is 4.90 Å². The number of amides is 1. The molecule has 0 bridgehead atoms. The Hall–Kier alpha value is -2.85. The molecule has 1 aromatic heterocycles. The van der Waals surface area contributed by atoms with Gasteiger partial charge in [0.2, 0.25) is 10.0 Å². The van der Waals surface area contributed by atoms with Crippen LogP contribution >= 0.6 is 0 Å². The van der Waals surface area contributed by atoms with Crippen LogP contribution in [0.25, 0.3) is 0 Å². The zero-order valence-corrected chi connectivity index (χ0v) is 15.4. The third kappa shape index (κ3) is 3.81. The third-order valence-corrected chi connectivity index (χ3v) is 6.48. The summed E-state index contributed by atoms with van der Waals surface area (Å²) in [6.07, 6.45) is 3.04. The Labute approximate surface area is 156 Å². The molecule has 2 heterocycles. The summed E-state index contributed by atoms with van der Waals surface area (Å²) in [6, 6.07) is 7.10. The number of aryl methyl sites for hydroxylation is 1. The Balaban J connectivity index is 1.76. The fourth-order valence-electron chi connectivity index (χ4n) is 2.92. The van der Waals surface area contributed by atoms with Crippen LogP contribution < -0.4 is 0 Å². The number of sulfonamides is 1. The first-order chi connectivity index (χ1) is 12.8. The van der Waals surface area contributed by atoms with Crippen molar-refractivity contribution in [3.8, 4) is 0 Å². The van der Waals surface area contributed by atoms with Crippen LogP contribution in [0, 0.1) is 17.0 Å². The maximum absolute atomic E-state index is 12.9. The van der Waals surface area contributed by atoms with E-state index >= 15 is 0 Å². The van der Waals surface area contributed by atoms with Crippen molar-refractivity contribution in [2.45, 2.75) is 11.8 Å². The molecule has 0 unspecified atom stereocenters. The summed E-state index contributed by atoms with van der Waals surface area (Å²) in [5.41, 5.74) is 0.613. The van der Waals surface area contributed by atoms with Crippen LogP contribution in [0.1, 0.15) is 15.9 Å². The molecule has 10 heteroatoms. The van der Waals surface area contributed by atoms with E-state index in [1.54, 1.807) is 30.2 Å². The van der Waals surface area contributed by atoms with Crippen molar-refractivity contribution < 1.29 is 18.1 Å². The molecule has 1 aromatic carbocycles. The van der Waals surface area contributed by atoms with Crippen molar-refractivity contribution in [2.24, 2.45) is 0 Å². The molecule has 3 rings (SSSR count). The number of piperazine rings is 1. The number of carbonyl (C=O) groups excluding carboxylic acids is 1. The first-order valence-corrected chi connectivity index (χ1v) is 9.69. The molecule has 9 nitrogen and oxygen atoms in total. The lowest BCUT2D eigenvalue weighted by molar-refractivity contribution is -0.385.